The minimum atomic E-state index is -0.344. The van der Waals surface area contributed by atoms with Gasteiger partial charge in [-0.15, -0.1) is 0 Å². The molecule has 4 nitrogen and oxygen atoms in total. The average Bonchev–Trinajstić information content (AvgIpc) is 2.86. The van der Waals surface area contributed by atoms with Crippen LogP contribution in [0.25, 0.3) is 11.3 Å². The van der Waals surface area contributed by atoms with Crippen molar-refractivity contribution < 1.29 is 9.53 Å². The van der Waals surface area contributed by atoms with Gasteiger partial charge in [0.1, 0.15) is 5.75 Å². The Morgan fingerprint density at radius 2 is 1.42 bits per heavy atom. The van der Waals surface area contributed by atoms with Gasteiger partial charge in [-0.2, -0.15) is 0 Å². The van der Waals surface area contributed by atoms with E-state index >= 15 is 0 Å². The molecule has 33 heavy (non-hydrogen) atoms. The molecule has 1 aromatic heterocycles. The number of nitrogens with zero attached hydrogens (tertiary/aromatic N) is 2. The summed E-state index contributed by atoms with van der Waals surface area (Å²) in [7, 11) is 0. The van der Waals surface area contributed by atoms with Crippen LogP contribution in [0.3, 0.4) is 0 Å². The molecule has 0 aliphatic carbocycles. The van der Waals surface area contributed by atoms with Crippen LogP contribution in [0.4, 0.5) is 0 Å². The maximum atomic E-state index is 12.4. The lowest BCUT2D eigenvalue weighted by Gasteiger charge is -2.07. The first-order chi connectivity index (χ1) is 16.2. The highest BCUT2D eigenvalue weighted by Crippen LogP contribution is 2.21. The van der Waals surface area contributed by atoms with E-state index in [0.29, 0.717) is 11.3 Å². The van der Waals surface area contributed by atoms with Gasteiger partial charge in [0, 0.05) is 11.8 Å². The number of aryl methyl sites for hydroxylation is 2. The zero-order chi connectivity index (χ0) is 23.3. The fraction of sp³-hybridized carbons (Fsp3) is 0.414. The van der Waals surface area contributed by atoms with Crippen molar-refractivity contribution in [2.24, 2.45) is 0 Å². The van der Waals surface area contributed by atoms with Crippen LogP contribution in [-0.4, -0.2) is 15.9 Å². The molecule has 0 amide bonds. The molecule has 174 valence electrons. The minimum absolute atomic E-state index is 0.344. The molecule has 0 fully saturated rings. The Hall–Kier alpha value is -3.01. The normalized spacial score (nSPS) is 10.8. The summed E-state index contributed by atoms with van der Waals surface area (Å²) in [5.41, 5.74) is 4.62. The molecule has 0 saturated carbocycles. The monoisotopic (exact) mass is 444 g/mol. The minimum Gasteiger partial charge on any atom is -0.423 e. The summed E-state index contributed by atoms with van der Waals surface area (Å²) < 4.78 is 5.54. The van der Waals surface area contributed by atoms with Crippen molar-refractivity contribution in [3.8, 4) is 17.0 Å². The Labute approximate surface area is 198 Å². The number of hydrogen-bond acceptors (Lipinski definition) is 4. The van der Waals surface area contributed by atoms with Crippen LogP contribution in [0.2, 0.25) is 0 Å². The molecule has 0 bridgehead atoms. The maximum Gasteiger partial charge on any atom is 0.343 e. The molecule has 0 unspecified atom stereocenters. The molecule has 4 heteroatoms. The van der Waals surface area contributed by atoms with Gasteiger partial charge in [0.15, 0.2) is 0 Å². The molecule has 0 saturated heterocycles. The van der Waals surface area contributed by atoms with Gasteiger partial charge in [0.05, 0.1) is 23.1 Å². The van der Waals surface area contributed by atoms with E-state index in [1.165, 1.54) is 44.1 Å². The van der Waals surface area contributed by atoms with Gasteiger partial charge in [-0.1, -0.05) is 64.5 Å². The Morgan fingerprint density at radius 1 is 0.727 bits per heavy atom. The summed E-state index contributed by atoms with van der Waals surface area (Å²) in [5, 5.41) is 0. The lowest BCUT2D eigenvalue weighted by molar-refractivity contribution is 0.0735. The van der Waals surface area contributed by atoms with E-state index in [1.54, 1.807) is 12.1 Å². The summed E-state index contributed by atoms with van der Waals surface area (Å²) in [4.78, 5) is 21.6. The molecular formula is C29H36N2O2. The number of esters is 1. The molecule has 0 spiro atoms. The zero-order valence-electron chi connectivity index (χ0n) is 20.1. The largest absolute Gasteiger partial charge is 0.423 e. The van der Waals surface area contributed by atoms with Gasteiger partial charge in [-0.25, -0.2) is 4.79 Å². The number of ether oxygens (including phenoxy) is 1. The smallest absolute Gasteiger partial charge is 0.343 e. The van der Waals surface area contributed by atoms with Crippen LogP contribution in [0, 0.1) is 0 Å². The van der Waals surface area contributed by atoms with Crippen LogP contribution in [0.5, 0.6) is 5.75 Å². The van der Waals surface area contributed by atoms with Gasteiger partial charge in [-0.05, 0) is 67.6 Å². The van der Waals surface area contributed by atoms with Crippen molar-refractivity contribution in [3.05, 3.63) is 77.7 Å². The summed E-state index contributed by atoms with van der Waals surface area (Å²) in [6.45, 7) is 4.42. The maximum absolute atomic E-state index is 12.4. The van der Waals surface area contributed by atoms with Crippen LogP contribution in [0.1, 0.15) is 86.8 Å². The van der Waals surface area contributed by atoms with E-state index in [1.807, 2.05) is 48.8 Å². The van der Waals surface area contributed by atoms with E-state index in [-0.39, 0.29) is 5.97 Å². The predicted molar refractivity (Wildman–Crippen MR) is 135 cm³/mol. The Bertz CT molecular complexity index is 964. The lowest BCUT2D eigenvalue weighted by atomic mass is 10.1. The van der Waals surface area contributed by atoms with Crippen molar-refractivity contribution in [1.29, 1.82) is 0 Å². The lowest BCUT2D eigenvalue weighted by Crippen LogP contribution is -2.08. The molecule has 0 radical (unpaired) electrons. The third-order valence-electron chi connectivity index (χ3n) is 5.86. The first-order valence-electron chi connectivity index (χ1n) is 12.4. The van der Waals surface area contributed by atoms with Crippen LogP contribution in [-0.2, 0) is 12.8 Å². The number of unbranched alkanes of at least 4 members (excludes halogenated alkanes) is 6. The summed E-state index contributed by atoms with van der Waals surface area (Å²) in [5.74, 6) is 0.176. The second kappa shape index (κ2) is 13.5. The topological polar surface area (TPSA) is 52.1 Å². The van der Waals surface area contributed by atoms with Crippen molar-refractivity contribution in [1.82, 2.24) is 9.97 Å². The zero-order valence-corrected chi connectivity index (χ0v) is 20.1. The molecule has 3 rings (SSSR count). The number of rotatable bonds is 13. The molecule has 0 aliphatic heterocycles. The first-order valence-corrected chi connectivity index (χ1v) is 12.4. The molecule has 0 atom stereocenters. The van der Waals surface area contributed by atoms with Gasteiger partial charge < -0.3 is 4.74 Å². The molecule has 2 aromatic carbocycles. The fourth-order valence-corrected chi connectivity index (χ4v) is 3.77. The number of benzene rings is 2. The SMILES string of the molecule is CCCCCCCCc1cnc(-c2ccc(OC(=O)c3ccc(CCCC)cc3)cc2)cn1. The van der Waals surface area contributed by atoms with Crippen molar-refractivity contribution in [2.45, 2.75) is 78.1 Å². The van der Waals surface area contributed by atoms with E-state index in [2.05, 4.69) is 23.8 Å². The fourth-order valence-electron chi connectivity index (χ4n) is 3.77. The number of aromatic nitrogens is 2. The van der Waals surface area contributed by atoms with Crippen LogP contribution < -0.4 is 4.74 Å². The second-order valence-electron chi connectivity index (χ2n) is 8.63. The molecule has 1 heterocycles. The quantitative estimate of drug-likeness (QED) is 0.155. The van der Waals surface area contributed by atoms with Crippen LogP contribution >= 0.6 is 0 Å². The van der Waals surface area contributed by atoms with Crippen molar-refractivity contribution in [3.63, 3.8) is 0 Å². The average molecular weight is 445 g/mol. The van der Waals surface area contributed by atoms with Crippen molar-refractivity contribution >= 4 is 5.97 Å². The molecule has 0 N–H and O–H groups in total. The number of carbonyl (C=O) groups excluding carboxylic acids is 1. The predicted octanol–water partition coefficient (Wildman–Crippen LogP) is 7.61. The third-order valence-corrected chi connectivity index (χ3v) is 5.86. The molecule has 3 aromatic rings. The third kappa shape index (κ3) is 8.12. The van der Waals surface area contributed by atoms with Gasteiger partial charge >= 0.3 is 5.97 Å². The van der Waals surface area contributed by atoms with E-state index in [9.17, 15) is 4.79 Å². The number of hydrogen-bond donors (Lipinski definition) is 0. The van der Waals surface area contributed by atoms with E-state index < -0.39 is 0 Å². The molecular weight excluding hydrogens is 408 g/mol. The van der Waals surface area contributed by atoms with E-state index in [4.69, 9.17) is 4.74 Å². The summed E-state index contributed by atoms with van der Waals surface area (Å²) >= 11 is 0. The first kappa shape index (κ1) is 24.6. The van der Waals surface area contributed by atoms with Gasteiger partial charge in [0.2, 0.25) is 0 Å². The Balaban J connectivity index is 1.49. The van der Waals surface area contributed by atoms with Gasteiger partial charge in [-0.3, -0.25) is 9.97 Å². The Kier molecular flexibility index (Phi) is 10.1. The standard InChI is InChI=1S/C29H36N2O2/c1-3-5-7-8-9-10-12-26-21-31-28(22-30-26)24-17-19-27(20-18-24)33-29(32)25-15-13-23(14-16-25)11-6-4-2/h13-22H,3-12H2,1-2H3. The summed E-state index contributed by atoms with van der Waals surface area (Å²) in [6, 6.07) is 15.1. The number of carbonyl (C=O) groups is 1. The van der Waals surface area contributed by atoms with Crippen molar-refractivity contribution in [2.75, 3.05) is 0 Å². The van der Waals surface area contributed by atoms with Crippen LogP contribution in [0.15, 0.2) is 60.9 Å². The van der Waals surface area contributed by atoms with E-state index in [0.717, 1.165) is 42.6 Å². The second-order valence-corrected chi connectivity index (χ2v) is 8.63. The highest BCUT2D eigenvalue weighted by molar-refractivity contribution is 5.91. The Morgan fingerprint density at radius 3 is 2.09 bits per heavy atom. The highest BCUT2D eigenvalue weighted by Gasteiger charge is 2.09. The van der Waals surface area contributed by atoms with Gasteiger partial charge in [0.25, 0.3) is 0 Å². The summed E-state index contributed by atoms with van der Waals surface area (Å²) in [6.07, 6.45) is 15.7. The molecule has 0 aliphatic rings. The highest BCUT2D eigenvalue weighted by atomic mass is 16.5.